The number of halogens is 1. The lowest BCUT2D eigenvalue weighted by atomic mass is 9.64. The van der Waals surface area contributed by atoms with Crippen LogP contribution >= 0.6 is 0 Å². The van der Waals surface area contributed by atoms with E-state index in [0.29, 0.717) is 11.5 Å². The standard InChI is InChI=1S/C19H18FN5O/c1-25-17(22-23-24-25)13-4-2-5-16(12-13)21-18(26)19(10-3-11-19)14-6-8-15(20)9-7-14/h2,4-9,12H,3,10-11H2,1H3,(H,21,26). The Hall–Kier alpha value is -3.09. The fraction of sp³-hybridized carbons (Fsp3) is 0.263. The number of rotatable bonds is 4. The van der Waals surface area contributed by atoms with Crippen molar-refractivity contribution in [1.29, 1.82) is 0 Å². The molecule has 0 spiro atoms. The largest absolute Gasteiger partial charge is 0.325 e. The quantitative estimate of drug-likeness (QED) is 0.784. The zero-order valence-corrected chi connectivity index (χ0v) is 14.3. The number of nitrogens with zero attached hydrogens (tertiary/aromatic N) is 4. The number of tetrazole rings is 1. The van der Waals surface area contributed by atoms with E-state index < -0.39 is 5.41 Å². The molecule has 7 heteroatoms. The molecule has 26 heavy (non-hydrogen) atoms. The van der Waals surface area contributed by atoms with Crippen LogP contribution in [0.2, 0.25) is 0 Å². The first kappa shape index (κ1) is 16.4. The van der Waals surface area contributed by atoms with Gasteiger partial charge < -0.3 is 5.32 Å². The Labute approximate surface area is 150 Å². The highest BCUT2D eigenvalue weighted by atomic mass is 19.1. The summed E-state index contributed by atoms with van der Waals surface area (Å²) in [5.41, 5.74) is 1.77. The van der Waals surface area contributed by atoms with Gasteiger partial charge in [0.2, 0.25) is 5.91 Å². The summed E-state index contributed by atoms with van der Waals surface area (Å²) in [5.74, 6) is 0.259. The third-order valence-electron chi connectivity index (χ3n) is 5.04. The molecule has 1 saturated carbocycles. The lowest BCUT2D eigenvalue weighted by Gasteiger charge is -2.40. The van der Waals surface area contributed by atoms with Crippen molar-refractivity contribution in [3.05, 3.63) is 59.9 Å². The van der Waals surface area contributed by atoms with E-state index in [0.717, 1.165) is 30.4 Å². The van der Waals surface area contributed by atoms with Gasteiger partial charge in [-0.25, -0.2) is 9.07 Å². The number of hydrogen-bond acceptors (Lipinski definition) is 4. The van der Waals surface area contributed by atoms with Crippen molar-refractivity contribution in [3.63, 3.8) is 0 Å². The van der Waals surface area contributed by atoms with Crippen LogP contribution in [0.15, 0.2) is 48.5 Å². The van der Waals surface area contributed by atoms with E-state index in [4.69, 9.17) is 0 Å². The van der Waals surface area contributed by atoms with Gasteiger partial charge in [-0.05, 0) is 53.1 Å². The summed E-state index contributed by atoms with van der Waals surface area (Å²) in [4.78, 5) is 13.0. The van der Waals surface area contributed by atoms with E-state index in [1.54, 1.807) is 23.9 Å². The summed E-state index contributed by atoms with van der Waals surface area (Å²) in [6.45, 7) is 0. The third-order valence-corrected chi connectivity index (χ3v) is 5.04. The lowest BCUT2D eigenvalue weighted by molar-refractivity contribution is -0.124. The van der Waals surface area contributed by atoms with Crippen molar-refractivity contribution in [3.8, 4) is 11.4 Å². The van der Waals surface area contributed by atoms with Gasteiger partial charge in [0.05, 0.1) is 5.41 Å². The maximum absolute atomic E-state index is 13.2. The van der Waals surface area contributed by atoms with Gasteiger partial charge in [0, 0.05) is 18.3 Å². The Morgan fingerprint density at radius 2 is 1.96 bits per heavy atom. The molecule has 6 nitrogen and oxygen atoms in total. The molecular formula is C19H18FN5O. The first-order chi connectivity index (χ1) is 12.6. The topological polar surface area (TPSA) is 72.7 Å². The maximum Gasteiger partial charge on any atom is 0.235 e. The highest BCUT2D eigenvalue weighted by Gasteiger charge is 2.45. The highest BCUT2D eigenvalue weighted by molar-refractivity contribution is 6.00. The zero-order valence-electron chi connectivity index (χ0n) is 14.3. The van der Waals surface area contributed by atoms with Crippen LogP contribution in [0.25, 0.3) is 11.4 Å². The number of aromatic nitrogens is 4. The monoisotopic (exact) mass is 351 g/mol. The predicted molar refractivity (Wildman–Crippen MR) is 94.8 cm³/mol. The number of carbonyl (C=O) groups is 1. The fourth-order valence-corrected chi connectivity index (χ4v) is 3.41. The van der Waals surface area contributed by atoms with Crippen molar-refractivity contribution >= 4 is 11.6 Å². The summed E-state index contributed by atoms with van der Waals surface area (Å²) < 4.78 is 14.8. The Morgan fingerprint density at radius 3 is 2.58 bits per heavy atom. The second-order valence-electron chi connectivity index (χ2n) is 6.60. The summed E-state index contributed by atoms with van der Waals surface area (Å²) in [6, 6.07) is 13.6. The highest BCUT2D eigenvalue weighted by Crippen LogP contribution is 2.44. The number of hydrogen-bond donors (Lipinski definition) is 1. The molecule has 1 aromatic heterocycles. The summed E-state index contributed by atoms with van der Waals surface area (Å²) in [6.07, 6.45) is 2.50. The molecule has 1 aliphatic rings. The third kappa shape index (κ3) is 2.75. The molecule has 1 N–H and O–H groups in total. The molecule has 0 unspecified atom stereocenters. The van der Waals surface area contributed by atoms with Crippen molar-refractivity contribution in [1.82, 2.24) is 20.2 Å². The molecule has 1 aliphatic carbocycles. The molecule has 0 aliphatic heterocycles. The minimum atomic E-state index is -0.587. The fourth-order valence-electron chi connectivity index (χ4n) is 3.41. The Bertz CT molecular complexity index is 947. The van der Waals surface area contributed by atoms with Crippen molar-refractivity contribution < 1.29 is 9.18 Å². The van der Waals surface area contributed by atoms with Crippen LogP contribution in [0.4, 0.5) is 10.1 Å². The number of benzene rings is 2. The molecule has 1 heterocycles. The number of amides is 1. The number of nitrogens with one attached hydrogen (secondary N) is 1. The molecule has 1 fully saturated rings. The van der Waals surface area contributed by atoms with E-state index in [-0.39, 0.29) is 11.7 Å². The molecule has 0 bridgehead atoms. The van der Waals surface area contributed by atoms with Crippen molar-refractivity contribution in [2.24, 2.45) is 7.05 Å². The summed E-state index contributed by atoms with van der Waals surface area (Å²) >= 11 is 0. The van der Waals surface area contributed by atoms with Gasteiger partial charge in [0.25, 0.3) is 0 Å². The maximum atomic E-state index is 13.2. The van der Waals surface area contributed by atoms with Gasteiger partial charge in [-0.15, -0.1) is 5.10 Å². The van der Waals surface area contributed by atoms with Crippen molar-refractivity contribution in [2.45, 2.75) is 24.7 Å². The van der Waals surface area contributed by atoms with Crippen LogP contribution in [0.3, 0.4) is 0 Å². The Morgan fingerprint density at radius 1 is 1.19 bits per heavy atom. The first-order valence-corrected chi connectivity index (χ1v) is 8.49. The van der Waals surface area contributed by atoms with Crippen LogP contribution in [0, 0.1) is 5.82 Å². The smallest absolute Gasteiger partial charge is 0.235 e. The molecule has 0 radical (unpaired) electrons. The van der Waals surface area contributed by atoms with Crippen molar-refractivity contribution in [2.75, 3.05) is 5.32 Å². The zero-order chi connectivity index (χ0) is 18.1. The predicted octanol–water partition coefficient (Wildman–Crippen LogP) is 3.08. The van der Waals surface area contributed by atoms with Gasteiger partial charge in [0.15, 0.2) is 5.82 Å². The molecule has 2 aromatic carbocycles. The lowest BCUT2D eigenvalue weighted by Crippen LogP contribution is -2.46. The van der Waals surface area contributed by atoms with E-state index in [1.807, 2.05) is 24.3 Å². The second-order valence-corrected chi connectivity index (χ2v) is 6.60. The van der Waals surface area contributed by atoms with Crippen LogP contribution in [0.1, 0.15) is 24.8 Å². The van der Waals surface area contributed by atoms with Crippen LogP contribution in [-0.2, 0) is 17.3 Å². The molecular weight excluding hydrogens is 333 g/mol. The van der Waals surface area contributed by atoms with E-state index in [9.17, 15) is 9.18 Å². The molecule has 3 aromatic rings. The van der Waals surface area contributed by atoms with Gasteiger partial charge in [-0.3, -0.25) is 4.79 Å². The van der Waals surface area contributed by atoms with Crippen LogP contribution in [-0.4, -0.2) is 26.1 Å². The molecule has 0 atom stereocenters. The molecule has 132 valence electrons. The van der Waals surface area contributed by atoms with Gasteiger partial charge in [-0.2, -0.15) is 0 Å². The minimum absolute atomic E-state index is 0.0661. The average Bonchev–Trinajstić information content (AvgIpc) is 3.02. The SMILES string of the molecule is Cn1nnnc1-c1cccc(NC(=O)C2(c3ccc(F)cc3)CCC2)c1. The Kier molecular flexibility index (Phi) is 3.99. The molecule has 1 amide bonds. The number of carbonyl (C=O) groups excluding carboxylic acids is 1. The Balaban J connectivity index is 1.60. The van der Waals surface area contributed by atoms with Crippen LogP contribution < -0.4 is 5.32 Å². The van der Waals surface area contributed by atoms with E-state index >= 15 is 0 Å². The minimum Gasteiger partial charge on any atom is -0.325 e. The van der Waals surface area contributed by atoms with Gasteiger partial charge in [0.1, 0.15) is 5.82 Å². The summed E-state index contributed by atoms with van der Waals surface area (Å²) in [7, 11) is 1.76. The summed E-state index contributed by atoms with van der Waals surface area (Å²) in [5, 5.41) is 14.5. The van der Waals surface area contributed by atoms with E-state index in [2.05, 4.69) is 20.8 Å². The van der Waals surface area contributed by atoms with Gasteiger partial charge in [-0.1, -0.05) is 30.7 Å². The number of aryl methyl sites for hydroxylation is 1. The normalized spacial score (nSPS) is 15.3. The first-order valence-electron chi connectivity index (χ1n) is 8.49. The van der Waals surface area contributed by atoms with Crippen LogP contribution in [0.5, 0.6) is 0 Å². The second kappa shape index (κ2) is 6.33. The molecule has 0 saturated heterocycles. The van der Waals surface area contributed by atoms with Gasteiger partial charge >= 0.3 is 0 Å². The number of anilines is 1. The van der Waals surface area contributed by atoms with E-state index in [1.165, 1.54) is 12.1 Å². The molecule has 4 rings (SSSR count). The average molecular weight is 351 g/mol.